The Morgan fingerprint density at radius 2 is 2.00 bits per heavy atom. The van der Waals surface area contributed by atoms with Crippen molar-refractivity contribution in [3.05, 3.63) is 54.1 Å². The number of amides is 1. The van der Waals surface area contributed by atoms with Gasteiger partial charge in [0.15, 0.2) is 0 Å². The Morgan fingerprint density at radius 1 is 1.22 bits per heavy atom. The number of nitrogens with one attached hydrogen (secondary N) is 2. The molecule has 3 heterocycles. The van der Waals surface area contributed by atoms with Crippen LogP contribution in [0.3, 0.4) is 0 Å². The first-order valence-corrected chi connectivity index (χ1v) is 8.94. The van der Waals surface area contributed by atoms with Gasteiger partial charge in [-0.3, -0.25) is 4.79 Å². The Morgan fingerprint density at radius 3 is 2.70 bits per heavy atom. The fraction of sp³-hybridized carbons (Fsp3) is 0.300. The highest BCUT2D eigenvalue weighted by molar-refractivity contribution is 6.05. The molecule has 0 radical (unpaired) electrons. The zero-order valence-electron chi connectivity index (χ0n) is 15.2. The van der Waals surface area contributed by atoms with Gasteiger partial charge < -0.3 is 19.9 Å². The van der Waals surface area contributed by atoms with Crippen molar-refractivity contribution in [2.75, 3.05) is 23.3 Å². The summed E-state index contributed by atoms with van der Waals surface area (Å²) in [4.78, 5) is 22.1. The number of aromatic amines is 1. The van der Waals surface area contributed by atoms with Crippen LogP contribution < -0.4 is 10.2 Å². The molecule has 2 atom stereocenters. The summed E-state index contributed by atoms with van der Waals surface area (Å²) in [5.74, 6) is 0.228. The number of H-pyrrole nitrogens is 1. The Hall–Kier alpha value is -2.93. The summed E-state index contributed by atoms with van der Waals surface area (Å²) in [6, 6.07) is 9.71. The van der Waals surface area contributed by atoms with E-state index < -0.39 is 0 Å². The number of hydrogen-bond donors (Lipinski definition) is 2. The van der Waals surface area contributed by atoms with E-state index in [9.17, 15) is 9.18 Å². The zero-order chi connectivity index (χ0) is 19.0. The average molecular weight is 368 g/mol. The van der Waals surface area contributed by atoms with Gasteiger partial charge in [0, 0.05) is 24.0 Å². The van der Waals surface area contributed by atoms with Crippen molar-refractivity contribution in [1.82, 2.24) is 9.97 Å². The van der Waals surface area contributed by atoms with E-state index in [4.69, 9.17) is 4.74 Å². The fourth-order valence-electron chi connectivity index (χ4n) is 3.44. The van der Waals surface area contributed by atoms with Crippen molar-refractivity contribution < 1.29 is 13.9 Å². The molecule has 3 aromatic rings. The molecule has 1 fully saturated rings. The summed E-state index contributed by atoms with van der Waals surface area (Å²) >= 11 is 0. The minimum Gasteiger partial charge on any atom is -0.372 e. The fourth-order valence-corrected chi connectivity index (χ4v) is 3.44. The average Bonchev–Trinajstić information content (AvgIpc) is 3.05. The molecule has 2 aromatic heterocycles. The number of fused-ring (bicyclic) bond motifs is 1. The van der Waals surface area contributed by atoms with E-state index in [1.807, 2.05) is 26.0 Å². The minimum absolute atomic E-state index is 0.154. The molecule has 0 spiro atoms. The lowest BCUT2D eigenvalue weighted by Gasteiger charge is -2.36. The van der Waals surface area contributed by atoms with Crippen molar-refractivity contribution >= 4 is 28.3 Å². The predicted molar refractivity (Wildman–Crippen MR) is 103 cm³/mol. The third kappa shape index (κ3) is 3.78. The van der Waals surface area contributed by atoms with Crippen molar-refractivity contribution in [2.45, 2.75) is 26.1 Å². The van der Waals surface area contributed by atoms with Crippen LogP contribution in [0.2, 0.25) is 0 Å². The van der Waals surface area contributed by atoms with Crippen molar-refractivity contribution in [3.63, 3.8) is 0 Å². The summed E-state index contributed by atoms with van der Waals surface area (Å²) < 4.78 is 19.0. The van der Waals surface area contributed by atoms with Crippen LogP contribution in [-0.4, -0.2) is 41.2 Å². The molecule has 4 rings (SSSR count). The molecule has 0 saturated carbocycles. The number of rotatable bonds is 3. The van der Waals surface area contributed by atoms with Crippen molar-refractivity contribution in [2.24, 2.45) is 0 Å². The molecule has 0 aliphatic carbocycles. The van der Waals surface area contributed by atoms with E-state index >= 15 is 0 Å². The van der Waals surface area contributed by atoms with Crippen molar-refractivity contribution in [3.8, 4) is 0 Å². The topological polar surface area (TPSA) is 70.2 Å². The highest BCUT2D eigenvalue weighted by Gasteiger charge is 2.23. The van der Waals surface area contributed by atoms with Gasteiger partial charge in [0.25, 0.3) is 5.91 Å². The lowest BCUT2D eigenvalue weighted by Crippen LogP contribution is -2.45. The van der Waals surface area contributed by atoms with E-state index in [-0.39, 0.29) is 23.9 Å². The van der Waals surface area contributed by atoms with Crippen LogP contribution >= 0.6 is 0 Å². The first kappa shape index (κ1) is 17.5. The van der Waals surface area contributed by atoms with Crippen LogP contribution in [0.1, 0.15) is 24.3 Å². The highest BCUT2D eigenvalue weighted by atomic mass is 19.1. The summed E-state index contributed by atoms with van der Waals surface area (Å²) in [5.41, 5.74) is 1.68. The van der Waals surface area contributed by atoms with Crippen molar-refractivity contribution in [1.29, 1.82) is 0 Å². The second-order valence-electron chi connectivity index (χ2n) is 6.94. The lowest BCUT2D eigenvalue weighted by atomic mass is 10.2. The van der Waals surface area contributed by atoms with Crippen LogP contribution in [-0.2, 0) is 4.74 Å². The molecule has 1 amide bonds. The first-order chi connectivity index (χ1) is 13.0. The number of aromatic nitrogens is 2. The van der Waals surface area contributed by atoms with Crippen LogP contribution in [0.15, 0.2) is 42.6 Å². The molecule has 140 valence electrons. The van der Waals surface area contributed by atoms with E-state index in [1.54, 1.807) is 18.3 Å². The van der Waals surface area contributed by atoms with Crippen LogP contribution in [0.25, 0.3) is 10.9 Å². The van der Waals surface area contributed by atoms with E-state index in [0.717, 1.165) is 18.9 Å². The van der Waals surface area contributed by atoms with Crippen LogP contribution in [0, 0.1) is 5.82 Å². The SMILES string of the molecule is C[C@H]1CN(c2ccc(NC(=O)c3cc4cc(F)ccc4[nH]3)cn2)C[C@H](C)O1. The zero-order valence-corrected chi connectivity index (χ0v) is 15.2. The Kier molecular flexibility index (Phi) is 4.53. The molecule has 0 bridgehead atoms. The van der Waals surface area contributed by atoms with Gasteiger partial charge in [-0.05, 0) is 50.2 Å². The minimum atomic E-state index is -0.333. The molecular weight excluding hydrogens is 347 g/mol. The second kappa shape index (κ2) is 7.00. The van der Waals surface area contributed by atoms with Gasteiger partial charge in [0.2, 0.25) is 0 Å². The third-order valence-electron chi connectivity index (χ3n) is 4.58. The Bertz CT molecular complexity index is 960. The molecule has 1 saturated heterocycles. The molecule has 27 heavy (non-hydrogen) atoms. The molecule has 7 heteroatoms. The predicted octanol–water partition coefficient (Wildman–Crippen LogP) is 3.57. The van der Waals surface area contributed by atoms with E-state index in [0.29, 0.717) is 22.3 Å². The number of anilines is 2. The molecule has 2 N–H and O–H groups in total. The van der Waals surface area contributed by atoms with Gasteiger partial charge in [0.05, 0.1) is 24.1 Å². The van der Waals surface area contributed by atoms with E-state index in [1.165, 1.54) is 12.1 Å². The van der Waals surface area contributed by atoms with Crippen LogP contribution in [0.4, 0.5) is 15.9 Å². The largest absolute Gasteiger partial charge is 0.372 e. The summed E-state index contributed by atoms with van der Waals surface area (Å²) in [6.45, 7) is 5.66. The van der Waals surface area contributed by atoms with Crippen LogP contribution in [0.5, 0.6) is 0 Å². The summed E-state index contributed by atoms with van der Waals surface area (Å²) in [5, 5.41) is 3.47. The molecule has 1 aliphatic heterocycles. The maximum atomic E-state index is 13.3. The number of hydrogen-bond acceptors (Lipinski definition) is 4. The normalized spacial score (nSPS) is 20.0. The van der Waals surface area contributed by atoms with Gasteiger partial charge in [-0.15, -0.1) is 0 Å². The van der Waals surface area contributed by atoms with Gasteiger partial charge in [-0.2, -0.15) is 0 Å². The highest BCUT2D eigenvalue weighted by Crippen LogP contribution is 2.21. The molecule has 6 nitrogen and oxygen atoms in total. The summed E-state index contributed by atoms with van der Waals surface area (Å²) in [7, 11) is 0. The number of carbonyl (C=O) groups is 1. The number of morpholine rings is 1. The Balaban J connectivity index is 1.46. The van der Waals surface area contributed by atoms with Gasteiger partial charge in [-0.1, -0.05) is 0 Å². The number of nitrogens with zero attached hydrogens (tertiary/aromatic N) is 2. The van der Waals surface area contributed by atoms with Gasteiger partial charge >= 0.3 is 0 Å². The molecule has 0 unspecified atom stereocenters. The second-order valence-corrected chi connectivity index (χ2v) is 6.94. The maximum Gasteiger partial charge on any atom is 0.272 e. The smallest absolute Gasteiger partial charge is 0.272 e. The number of carbonyl (C=O) groups excluding carboxylic acids is 1. The van der Waals surface area contributed by atoms with Gasteiger partial charge in [-0.25, -0.2) is 9.37 Å². The maximum absolute atomic E-state index is 13.3. The Labute approximate surface area is 156 Å². The number of benzene rings is 1. The summed E-state index contributed by atoms with van der Waals surface area (Å²) in [6.07, 6.45) is 1.95. The number of ether oxygens (including phenoxy) is 1. The van der Waals surface area contributed by atoms with Gasteiger partial charge in [0.1, 0.15) is 17.3 Å². The monoisotopic (exact) mass is 368 g/mol. The lowest BCUT2D eigenvalue weighted by molar-refractivity contribution is -0.00545. The molecule has 1 aromatic carbocycles. The quantitative estimate of drug-likeness (QED) is 0.742. The number of pyridine rings is 1. The first-order valence-electron chi connectivity index (χ1n) is 8.94. The standard InChI is InChI=1S/C20H21FN4O2/c1-12-10-25(11-13(2)27-12)19-6-4-16(9-22-19)23-20(26)18-8-14-7-15(21)3-5-17(14)24-18/h3-9,12-13,24H,10-11H2,1-2H3,(H,23,26)/t12-,13-/m0/s1. The third-order valence-corrected chi connectivity index (χ3v) is 4.58. The molecular formula is C20H21FN4O2. The number of halogens is 1. The molecule has 1 aliphatic rings. The van der Waals surface area contributed by atoms with E-state index in [2.05, 4.69) is 20.2 Å².